The highest BCUT2D eigenvalue weighted by Crippen LogP contribution is 2.09. The molecule has 0 saturated carbocycles. The second-order valence-corrected chi connectivity index (χ2v) is 7.92. The molecule has 0 bridgehead atoms. The number of hydrogen-bond donors (Lipinski definition) is 0. The van der Waals surface area contributed by atoms with Gasteiger partial charge in [0.2, 0.25) is 0 Å². The zero-order valence-electron chi connectivity index (χ0n) is 15.6. The largest absolute Gasteiger partial charge is 0.298 e. The van der Waals surface area contributed by atoms with Crippen molar-refractivity contribution in [1.29, 1.82) is 0 Å². The molecular formula is C18H36N4O. The van der Waals surface area contributed by atoms with Gasteiger partial charge in [-0.15, -0.1) is 0 Å². The molecule has 0 radical (unpaired) electrons. The molecule has 0 aromatic carbocycles. The van der Waals surface area contributed by atoms with E-state index in [-0.39, 0.29) is 0 Å². The van der Waals surface area contributed by atoms with Crippen molar-refractivity contribution in [3.8, 4) is 0 Å². The lowest BCUT2D eigenvalue weighted by Gasteiger charge is -2.41. The summed E-state index contributed by atoms with van der Waals surface area (Å²) in [7, 11) is 0. The molecule has 23 heavy (non-hydrogen) atoms. The number of Topliss-reactive ketones (excluding diaryl/α,β-unsaturated/α-hetero) is 1. The summed E-state index contributed by atoms with van der Waals surface area (Å²) >= 11 is 0. The van der Waals surface area contributed by atoms with Crippen LogP contribution in [-0.4, -0.2) is 97.0 Å². The van der Waals surface area contributed by atoms with Crippen molar-refractivity contribution < 1.29 is 4.79 Å². The van der Waals surface area contributed by atoms with Crippen LogP contribution in [0, 0.1) is 5.92 Å². The van der Waals surface area contributed by atoms with E-state index in [0.717, 1.165) is 39.3 Å². The SMILES string of the molecule is CC(C)CC(=O)CN1CCN(CN2CCN(C(C)C)CC2)CC1. The second kappa shape index (κ2) is 9.11. The van der Waals surface area contributed by atoms with Crippen LogP contribution < -0.4 is 0 Å². The molecule has 2 heterocycles. The van der Waals surface area contributed by atoms with Crippen molar-refractivity contribution in [3.05, 3.63) is 0 Å². The Hall–Kier alpha value is -0.490. The molecular weight excluding hydrogens is 288 g/mol. The molecule has 0 unspecified atom stereocenters. The normalized spacial score (nSPS) is 23.0. The van der Waals surface area contributed by atoms with Gasteiger partial charge in [-0.1, -0.05) is 13.8 Å². The average Bonchev–Trinajstić information content (AvgIpc) is 2.49. The Morgan fingerprint density at radius 2 is 1.26 bits per heavy atom. The number of carbonyl (C=O) groups is 1. The lowest BCUT2D eigenvalue weighted by molar-refractivity contribution is -0.121. The highest BCUT2D eigenvalue weighted by atomic mass is 16.1. The maximum atomic E-state index is 11.9. The zero-order valence-corrected chi connectivity index (χ0v) is 15.6. The van der Waals surface area contributed by atoms with Gasteiger partial charge in [0.15, 0.2) is 0 Å². The first-order valence-electron chi connectivity index (χ1n) is 9.37. The molecule has 0 spiro atoms. The van der Waals surface area contributed by atoms with E-state index in [2.05, 4.69) is 47.3 Å². The lowest BCUT2D eigenvalue weighted by atomic mass is 10.1. The van der Waals surface area contributed by atoms with Crippen molar-refractivity contribution in [1.82, 2.24) is 19.6 Å². The van der Waals surface area contributed by atoms with Crippen molar-refractivity contribution >= 4 is 5.78 Å². The molecule has 5 heteroatoms. The summed E-state index contributed by atoms with van der Waals surface area (Å²) in [6.45, 7) is 19.6. The predicted octanol–water partition coefficient (Wildman–Crippen LogP) is 1.20. The molecule has 0 aromatic heterocycles. The minimum atomic E-state index is 0.401. The molecule has 0 amide bonds. The number of carbonyl (C=O) groups excluding carboxylic acids is 1. The van der Waals surface area contributed by atoms with E-state index in [1.165, 1.54) is 26.2 Å². The Kier molecular flexibility index (Phi) is 7.47. The predicted molar refractivity (Wildman–Crippen MR) is 95.6 cm³/mol. The van der Waals surface area contributed by atoms with Crippen LogP contribution in [0.15, 0.2) is 0 Å². The number of piperazine rings is 2. The first-order valence-corrected chi connectivity index (χ1v) is 9.37. The lowest BCUT2D eigenvalue weighted by Crippen LogP contribution is -2.55. The third-order valence-electron chi connectivity index (χ3n) is 5.04. The second-order valence-electron chi connectivity index (χ2n) is 7.92. The number of nitrogens with zero attached hydrogens (tertiary/aromatic N) is 4. The Morgan fingerprint density at radius 1 is 0.783 bits per heavy atom. The highest BCUT2D eigenvalue weighted by molar-refractivity contribution is 5.80. The summed E-state index contributed by atoms with van der Waals surface area (Å²) in [5.74, 6) is 0.881. The monoisotopic (exact) mass is 324 g/mol. The molecule has 0 N–H and O–H groups in total. The summed E-state index contributed by atoms with van der Waals surface area (Å²) in [4.78, 5) is 22.0. The molecule has 0 atom stereocenters. The van der Waals surface area contributed by atoms with E-state index < -0.39 is 0 Å². The van der Waals surface area contributed by atoms with Crippen molar-refractivity contribution in [2.24, 2.45) is 5.92 Å². The molecule has 134 valence electrons. The first-order chi connectivity index (χ1) is 10.9. The quantitative estimate of drug-likeness (QED) is 0.702. The van der Waals surface area contributed by atoms with Crippen LogP contribution in [0.25, 0.3) is 0 Å². The molecule has 2 rings (SSSR count). The smallest absolute Gasteiger partial charge is 0.147 e. The van der Waals surface area contributed by atoms with Crippen LogP contribution in [0.4, 0.5) is 0 Å². The minimum absolute atomic E-state index is 0.401. The standard InChI is InChI=1S/C18H36N4O/c1-16(2)13-18(23)14-19-5-7-20(8-6-19)15-21-9-11-22(12-10-21)17(3)4/h16-17H,5-15H2,1-4H3. The van der Waals surface area contributed by atoms with E-state index in [1.807, 2.05) is 0 Å². The highest BCUT2D eigenvalue weighted by Gasteiger charge is 2.23. The van der Waals surface area contributed by atoms with Gasteiger partial charge >= 0.3 is 0 Å². The van der Waals surface area contributed by atoms with Gasteiger partial charge in [-0.2, -0.15) is 0 Å². The number of hydrogen-bond acceptors (Lipinski definition) is 5. The Labute approximate surface area is 142 Å². The summed E-state index contributed by atoms with van der Waals surface area (Å²) in [5, 5.41) is 0. The van der Waals surface area contributed by atoms with Gasteiger partial charge in [0, 0.05) is 64.8 Å². The fraction of sp³-hybridized carbons (Fsp3) is 0.944. The van der Waals surface area contributed by atoms with Crippen molar-refractivity contribution in [3.63, 3.8) is 0 Å². The van der Waals surface area contributed by atoms with Crippen LogP contribution >= 0.6 is 0 Å². The van der Waals surface area contributed by atoms with E-state index in [0.29, 0.717) is 24.3 Å². The van der Waals surface area contributed by atoms with E-state index in [4.69, 9.17) is 0 Å². The van der Waals surface area contributed by atoms with Crippen LogP contribution in [0.3, 0.4) is 0 Å². The average molecular weight is 325 g/mol. The molecule has 2 fully saturated rings. The zero-order chi connectivity index (χ0) is 16.8. The van der Waals surface area contributed by atoms with E-state index in [9.17, 15) is 4.79 Å². The maximum Gasteiger partial charge on any atom is 0.147 e. The fourth-order valence-electron chi connectivity index (χ4n) is 3.56. The molecule has 2 aliphatic heterocycles. The van der Waals surface area contributed by atoms with Crippen molar-refractivity contribution in [2.75, 3.05) is 65.6 Å². The Bertz CT molecular complexity index is 356. The molecule has 0 aromatic rings. The van der Waals surface area contributed by atoms with Gasteiger partial charge in [0.05, 0.1) is 13.2 Å². The van der Waals surface area contributed by atoms with Crippen LogP contribution in [0.1, 0.15) is 34.1 Å². The topological polar surface area (TPSA) is 30.0 Å². The van der Waals surface area contributed by atoms with Crippen molar-refractivity contribution in [2.45, 2.75) is 40.2 Å². The van der Waals surface area contributed by atoms with Gasteiger partial charge < -0.3 is 0 Å². The molecule has 5 nitrogen and oxygen atoms in total. The third-order valence-corrected chi connectivity index (χ3v) is 5.04. The molecule has 2 saturated heterocycles. The van der Waals surface area contributed by atoms with E-state index >= 15 is 0 Å². The fourth-order valence-corrected chi connectivity index (χ4v) is 3.56. The van der Waals surface area contributed by atoms with Gasteiger partial charge in [-0.05, 0) is 19.8 Å². The summed E-state index contributed by atoms with van der Waals surface area (Å²) in [5.41, 5.74) is 0. The number of rotatable bonds is 7. The molecule has 2 aliphatic rings. The van der Waals surface area contributed by atoms with E-state index in [1.54, 1.807) is 0 Å². The Balaban J connectivity index is 1.63. The Morgan fingerprint density at radius 3 is 1.74 bits per heavy atom. The first kappa shape index (κ1) is 18.8. The van der Waals surface area contributed by atoms with Crippen LogP contribution in [-0.2, 0) is 4.79 Å². The minimum Gasteiger partial charge on any atom is -0.298 e. The van der Waals surface area contributed by atoms with Gasteiger partial charge in [-0.25, -0.2) is 0 Å². The van der Waals surface area contributed by atoms with Crippen LogP contribution in [0.5, 0.6) is 0 Å². The van der Waals surface area contributed by atoms with Gasteiger partial charge in [-0.3, -0.25) is 24.4 Å². The number of ketones is 1. The van der Waals surface area contributed by atoms with Gasteiger partial charge in [0.25, 0.3) is 0 Å². The van der Waals surface area contributed by atoms with Gasteiger partial charge in [0.1, 0.15) is 5.78 Å². The summed E-state index contributed by atoms with van der Waals surface area (Å²) in [6.07, 6.45) is 0.723. The summed E-state index contributed by atoms with van der Waals surface area (Å²) < 4.78 is 0. The maximum absolute atomic E-state index is 11.9. The molecule has 0 aliphatic carbocycles. The third kappa shape index (κ3) is 6.49. The summed E-state index contributed by atoms with van der Waals surface area (Å²) in [6, 6.07) is 0.670. The van der Waals surface area contributed by atoms with Crippen LogP contribution in [0.2, 0.25) is 0 Å².